The molecule has 1 aliphatic carbocycles. The molecule has 2 fully saturated rings. The Bertz CT molecular complexity index is 1030. The fourth-order valence-electron chi connectivity index (χ4n) is 3.53. The number of nitrogens with two attached hydrogens (primary N) is 1. The summed E-state index contributed by atoms with van der Waals surface area (Å²) in [5.74, 6) is -3.49. The Labute approximate surface area is 159 Å². The van der Waals surface area contributed by atoms with E-state index in [9.17, 15) is 19.1 Å². The highest BCUT2D eigenvalue weighted by molar-refractivity contribution is 5.99. The molecule has 4 N–H and O–H groups in total. The Morgan fingerprint density at radius 3 is 2.43 bits per heavy atom. The Kier molecular flexibility index (Phi) is 4.47. The number of hydrogen-bond donors (Lipinski definition) is 3. The Morgan fingerprint density at radius 2 is 1.86 bits per heavy atom. The van der Waals surface area contributed by atoms with Crippen LogP contribution in [0.5, 0.6) is 0 Å². The van der Waals surface area contributed by atoms with Crippen LogP contribution in [0.2, 0.25) is 0 Å². The molecule has 0 radical (unpaired) electrons. The molecule has 1 aromatic heterocycles. The molecular formula is C18H21F2N5O3. The summed E-state index contributed by atoms with van der Waals surface area (Å²) in [4.78, 5) is 26.1. The Hall–Kier alpha value is -2.72. The van der Waals surface area contributed by atoms with E-state index in [0.717, 1.165) is 32.1 Å². The molecule has 1 saturated heterocycles. The van der Waals surface area contributed by atoms with E-state index in [1.165, 1.54) is 4.57 Å². The van der Waals surface area contributed by atoms with Crippen molar-refractivity contribution in [1.82, 2.24) is 14.5 Å². The highest BCUT2D eigenvalue weighted by Crippen LogP contribution is 2.40. The number of nitrogen functional groups attached to an aromatic ring is 1. The molecule has 2 heterocycles. The monoisotopic (exact) mass is 393 g/mol. The number of halogens is 2. The first-order valence-corrected chi connectivity index (χ1v) is 9.08. The van der Waals surface area contributed by atoms with Crippen LogP contribution < -0.4 is 16.6 Å². The van der Waals surface area contributed by atoms with Gasteiger partial charge < -0.3 is 25.7 Å². The SMILES string of the molecule is CN1CCN(Nc2c(F)c(N)c3c(=O)c(C(=O)O)cn(C4CC4)c3c2F)CC1. The number of carboxylic acid groups (broad SMARTS) is 1. The third kappa shape index (κ3) is 2.98. The lowest BCUT2D eigenvalue weighted by molar-refractivity contribution is 0.0695. The number of rotatable bonds is 4. The molecule has 8 nitrogen and oxygen atoms in total. The van der Waals surface area contributed by atoms with Gasteiger partial charge in [0.2, 0.25) is 5.43 Å². The van der Waals surface area contributed by atoms with Crippen molar-refractivity contribution in [2.45, 2.75) is 18.9 Å². The standard InChI is InChI=1S/C18H21F2N5O3/c1-23-4-6-24(7-5-23)22-15-12(19)14(21)11-16(13(15)20)25(9-2-3-9)8-10(17(11)26)18(27)28/h8-9,22H,2-7,21H2,1H3,(H,27,28). The summed E-state index contributed by atoms with van der Waals surface area (Å²) in [7, 11) is 1.96. The summed E-state index contributed by atoms with van der Waals surface area (Å²) in [5.41, 5.74) is 5.95. The topological polar surface area (TPSA) is 104 Å². The number of carboxylic acids is 1. The molecule has 0 spiro atoms. The van der Waals surface area contributed by atoms with Gasteiger partial charge in [-0.15, -0.1) is 0 Å². The maximum absolute atomic E-state index is 15.4. The van der Waals surface area contributed by atoms with Crippen molar-refractivity contribution in [3.63, 3.8) is 0 Å². The van der Waals surface area contributed by atoms with Gasteiger partial charge in [-0.3, -0.25) is 4.79 Å². The van der Waals surface area contributed by atoms with Gasteiger partial charge in [-0.2, -0.15) is 0 Å². The summed E-state index contributed by atoms with van der Waals surface area (Å²) >= 11 is 0. The number of aromatic carboxylic acids is 1. The first kappa shape index (κ1) is 18.6. The molecule has 2 aromatic rings. The largest absolute Gasteiger partial charge is 0.477 e. The van der Waals surface area contributed by atoms with E-state index in [4.69, 9.17) is 5.73 Å². The molecule has 0 bridgehead atoms. The molecule has 10 heteroatoms. The number of benzene rings is 1. The molecule has 1 saturated carbocycles. The third-order valence-corrected chi connectivity index (χ3v) is 5.33. The second-order valence-electron chi connectivity index (χ2n) is 7.36. The van der Waals surface area contributed by atoms with Gasteiger partial charge in [-0.1, -0.05) is 0 Å². The number of pyridine rings is 1. The molecule has 2 aliphatic rings. The molecular weight excluding hydrogens is 372 g/mol. The number of nitrogens with one attached hydrogen (secondary N) is 1. The van der Waals surface area contributed by atoms with Crippen LogP contribution in [0.4, 0.5) is 20.2 Å². The van der Waals surface area contributed by atoms with Gasteiger partial charge in [0.1, 0.15) is 11.3 Å². The smallest absolute Gasteiger partial charge is 0.341 e. The molecule has 28 heavy (non-hydrogen) atoms. The van der Waals surface area contributed by atoms with Crippen LogP contribution in [0.15, 0.2) is 11.0 Å². The second kappa shape index (κ2) is 6.71. The lowest BCUT2D eigenvalue weighted by atomic mass is 10.1. The minimum Gasteiger partial charge on any atom is -0.477 e. The Balaban J connectivity index is 1.91. The zero-order valence-corrected chi connectivity index (χ0v) is 15.3. The normalized spacial score (nSPS) is 18.5. The zero-order chi connectivity index (χ0) is 20.2. The van der Waals surface area contributed by atoms with Crippen LogP contribution in [0.1, 0.15) is 29.2 Å². The summed E-state index contributed by atoms with van der Waals surface area (Å²) in [5, 5.41) is 10.6. The summed E-state index contributed by atoms with van der Waals surface area (Å²) in [6.07, 6.45) is 2.56. The molecule has 0 amide bonds. The lowest BCUT2D eigenvalue weighted by Gasteiger charge is -2.33. The average molecular weight is 393 g/mol. The first-order valence-electron chi connectivity index (χ1n) is 9.08. The van der Waals surface area contributed by atoms with Crippen LogP contribution >= 0.6 is 0 Å². The van der Waals surface area contributed by atoms with Gasteiger partial charge >= 0.3 is 5.97 Å². The van der Waals surface area contributed by atoms with Gasteiger partial charge in [0, 0.05) is 38.4 Å². The molecule has 0 unspecified atom stereocenters. The number of nitrogens with zero attached hydrogens (tertiary/aromatic N) is 3. The van der Waals surface area contributed by atoms with Crippen LogP contribution in [-0.4, -0.2) is 58.8 Å². The quantitative estimate of drug-likeness (QED) is 0.676. The van der Waals surface area contributed by atoms with Gasteiger partial charge in [0.25, 0.3) is 0 Å². The average Bonchev–Trinajstić information content (AvgIpc) is 3.49. The minimum absolute atomic E-state index is 0.142. The van der Waals surface area contributed by atoms with Crippen LogP contribution in [-0.2, 0) is 0 Å². The van der Waals surface area contributed by atoms with Gasteiger partial charge in [-0.25, -0.2) is 18.6 Å². The van der Waals surface area contributed by atoms with Crippen molar-refractivity contribution in [3.8, 4) is 0 Å². The number of hydrogen-bond acceptors (Lipinski definition) is 6. The molecule has 1 aromatic carbocycles. The number of hydrazine groups is 1. The van der Waals surface area contributed by atoms with E-state index in [1.807, 2.05) is 7.05 Å². The number of aromatic nitrogens is 1. The fraction of sp³-hybridized carbons (Fsp3) is 0.444. The highest BCUT2D eigenvalue weighted by Gasteiger charge is 2.32. The first-order chi connectivity index (χ1) is 13.3. The minimum atomic E-state index is -1.46. The van der Waals surface area contributed by atoms with Crippen molar-refractivity contribution in [2.75, 3.05) is 44.4 Å². The predicted molar refractivity (Wildman–Crippen MR) is 100 cm³/mol. The summed E-state index contributed by atoms with van der Waals surface area (Å²) in [6.45, 7) is 2.57. The van der Waals surface area contributed by atoms with Gasteiger partial charge in [0.05, 0.1) is 16.6 Å². The number of piperazine rings is 1. The van der Waals surface area contributed by atoms with Crippen molar-refractivity contribution in [2.24, 2.45) is 0 Å². The number of carbonyl (C=O) groups is 1. The van der Waals surface area contributed by atoms with Crippen LogP contribution in [0.25, 0.3) is 10.9 Å². The van der Waals surface area contributed by atoms with E-state index >= 15 is 4.39 Å². The molecule has 150 valence electrons. The number of anilines is 2. The molecule has 0 atom stereocenters. The van der Waals surface area contributed by atoms with E-state index < -0.39 is 45.4 Å². The number of fused-ring (bicyclic) bond motifs is 1. The van der Waals surface area contributed by atoms with Crippen LogP contribution in [0.3, 0.4) is 0 Å². The summed E-state index contributed by atoms with van der Waals surface area (Å²) in [6, 6.07) is -0.142. The lowest BCUT2D eigenvalue weighted by Crippen LogP contribution is -2.47. The van der Waals surface area contributed by atoms with Crippen molar-refractivity contribution in [1.29, 1.82) is 0 Å². The van der Waals surface area contributed by atoms with Crippen LogP contribution in [0, 0.1) is 11.6 Å². The molecule has 4 rings (SSSR count). The van der Waals surface area contributed by atoms with E-state index in [0.29, 0.717) is 13.1 Å². The van der Waals surface area contributed by atoms with E-state index in [1.54, 1.807) is 5.01 Å². The maximum Gasteiger partial charge on any atom is 0.341 e. The van der Waals surface area contributed by atoms with E-state index in [2.05, 4.69) is 10.3 Å². The zero-order valence-electron chi connectivity index (χ0n) is 15.3. The summed E-state index contributed by atoms with van der Waals surface area (Å²) < 4.78 is 31.7. The van der Waals surface area contributed by atoms with Crippen molar-refractivity contribution >= 4 is 28.2 Å². The van der Waals surface area contributed by atoms with Crippen molar-refractivity contribution in [3.05, 3.63) is 33.6 Å². The van der Waals surface area contributed by atoms with Crippen molar-refractivity contribution < 1.29 is 18.7 Å². The number of likely N-dealkylation sites (N-methyl/N-ethyl adjacent to an activating group) is 1. The Morgan fingerprint density at radius 1 is 1.21 bits per heavy atom. The predicted octanol–water partition coefficient (Wildman–Crippen LogP) is 1.47. The maximum atomic E-state index is 15.4. The fourth-order valence-corrected chi connectivity index (χ4v) is 3.53. The third-order valence-electron chi connectivity index (χ3n) is 5.33. The molecule has 1 aliphatic heterocycles. The van der Waals surface area contributed by atoms with Gasteiger partial charge in [0.15, 0.2) is 11.6 Å². The second-order valence-corrected chi connectivity index (χ2v) is 7.36. The van der Waals surface area contributed by atoms with E-state index in [-0.39, 0.29) is 11.6 Å². The van der Waals surface area contributed by atoms with Gasteiger partial charge in [-0.05, 0) is 19.9 Å². The highest BCUT2D eigenvalue weighted by atomic mass is 19.1.